The zero-order valence-electron chi connectivity index (χ0n) is 11.8. The van der Waals surface area contributed by atoms with E-state index in [1.807, 2.05) is 32.3 Å². The first-order valence-electron chi connectivity index (χ1n) is 6.03. The maximum absolute atomic E-state index is 11.4. The summed E-state index contributed by atoms with van der Waals surface area (Å²) in [6.07, 6.45) is 0.858. The molecule has 0 aliphatic rings. The first-order valence-corrected chi connectivity index (χ1v) is 6.03. The Balaban J connectivity index is 0.00000324. The van der Waals surface area contributed by atoms with Crippen LogP contribution in [0.25, 0.3) is 0 Å². The van der Waals surface area contributed by atoms with Crippen LogP contribution in [0.2, 0.25) is 0 Å². The van der Waals surface area contributed by atoms with Gasteiger partial charge in [0.25, 0.3) is 0 Å². The van der Waals surface area contributed by atoms with E-state index in [0.717, 1.165) is 6.42 Å². The maximum atomic E-state index is 11.4. The van der Waals surface area contributed by atoms with Gasteiger partial charge in [-0.1, -0.05) is 36.9 Å². The highest BCUT2D eigenvalue weighted by molar-refractivity contribution is 5.86. The number of esters is 1. The van der Waals surface area contributed by atoms with Crippen molar-refractivity contribution >= 4 is 18.4 Å². The summed E-state index contributed by atoms with van der Waals surface area (Å²) in [5.41, 5.74) is 1.68. The normalized spacial score (nSPS) is 11.6. The van der Waals surface area contributed by atoms with Crippen LogP contribution < -0.4 is 0 Å². The smallest absolute Gasteiger partial charge is 0.333 e. The van der Waals surface area contributed by atoms with Gasteiger partial charge in [-0.2, -0.15) is 0 Å². The van der Waals surface area contributed by atoms with Crippen molar-refractivity contribution in [2.24, 2.45) is 0 Å². The summed E-state index contributed by atoms with van der Waals surface area (Å²) in [6.45, 7) is 5.61. The Hall–Kier alpha value is -1.32. The van der Waals surface area contributed by atoms with Gasteiger partial charge in [-0.15, -0.1) is 12.4 Å². The molecule has 0 aliphatic carbocycles. The first kappa shape index (κ1) is 17.7. The van der Waals surface area contributed by atoms with E-state index in [9.17, 15) is 4.79 Å². The van der Waals surface area contributed by atoms with E-state index in [-0.39, 0.29) is 24.4 Å². The van der Waals surface area contributed by atoms with Gasteiger partial charge in [0.1, 0.15) is 6.61 Å². The lowest BCUT2D eigenvalue weighted by Gasteiger charge is -2.24. The van der Waals surface area contributed by atoms with Crippen molar-refractivity contribution in [3.05, 3.63) is 48.0 Å². The minimum absolute atomic E-state index is 0. The number of rotatable bonds is 6. The molecule has 1 atom stereocenters. The third-order valence-electron chi connectivity index (χ3n) is 2.80. The Labute approximate surface area is 121 Å². The number of carbonyl (C=O) groups is 1. The standard InChI is InChI=1S/C15H21NO2.ClH/c1-12(2)15(17)18-11-14(16(3)4)10-13-8-6-5-7-9-13;/h5-9,14H,1,10-11H2,2-4H3;1H. The molecular weight excluding hydrogens is 262 g/mol. The topological polar surface area (TPSA) is 29.5 Å². The number of nitrogens with zero attached hydrogens (tertiary/aromatic N) is 1. The zero-order valence-corrected chi connectivity index (χ0v) is 12.6. The Bertz CT molecular complexity index is 404. The van der Waals surface area contributed by atoms with Crippen LogP contribution >= 0.6 is 12.4 Å². The maximum Gasteiger partial charge on any atom is 0.333 e. The number of hydrogen-bond acceptors (Lipinski definition) is 3. The zero-order chi connectivity index (χ0) is 13.5. The van der Waals surface area contributed by atoms with E-state index in [1.54, 1.807) is 6.92 Å². The molecule has 1 aromatic rings. The number of likely N-dealkylation sites (N-methyl/N-ethyl adjacent to an activating group) is 1. The molecule has 0 bridgehead atoms. The van der Waals surface area contributed by atoms with Crippen LogP contribution in [0, 0.1) is 0 Å². The summed E-state index contributed by atoms with van der Waals surface area (Å²) in [4.78, 5) is 13.5. The van der Waals surface area contributed by atoms with Crippen molar-refractivity contribution in [1.82, 2.24) is 4.90 Å². The van der Waals surface area contributed by atoms with E-state index in [4.69, 9.17) is 4.74 Å². The SMILES string of the molecule is C=C(C)C(=O)OCC(Cc1ccccc1)N(C)C.Cl. The number of benzene rings is 1. The second-order valence-corrected chi connectivity index (χ2v) is 4.69. The molecule has 0 aromatic heterocycles. The predicted molar refractivity (Wildman–Crippen MR) is 80.6 cm³/mol. The molecular formula is C15H22ClNO2. The van der Waals surface area contributed by atoms with Crippen molar-refractivity contribution in [3.63, 3.8) is 0 Å². The summed E-state index contributed by atoms with van der Waals surface area (Å²) in [7, 11) is 3.98. The third kappa shape index (κ3) is 6.41. The molecule has 0 amide bonds. The fourth-order valence-electron chi connectivity index (χ4n) is 1.57. The highest BCUT2D eigenvalue weighted by atomic mass is 35.5. The first-order chi connectivity index (χ1) is 8.50. The molecule has 106 valence electrons. The van der Waals surface area contributed by atoms with Gasteiger partial charge in [0.15, 0.2) is 0 Å². The van der Waals surface area contributed by atoms with Crippen LogP contribution in [0.1, 0.15) is 12.5 Å². The molecule has 0 saturated carbocycles. The lowest BCUT2D eigenvalue weighted by Crippen LogP contribution is -2.35. The second-order valence-electron chi connectivity index (χ2n) is 4.69. The Kier molecular flexibility index (Phi) is 8.12. The molecule has 4 heteroatoms. The summed E-state index contributed by atoms with van der Waals surface area (Å²) in [5, 5.41) is 0. The van der Waals surface area contributed by atoms with Gasteiger partial charge in [-0.05, 0) is 33.0 Å². The molecule has 0 N–H and O–H groups in total. The van der Waals surface area contributed by atoms with Crippen molar-refractivity contribution in [2.75, 3.05) is 20.7 Å². The van der Waals surface area contributed by atoms with E-state index in [2.05, 4.69) is 23.6 Å². The molecule has 0 radical (unpaired) electrons. The van der Waals surface area contributed by atoms with Crippen molar-refractivity contribution in [2.45, 2.75) is 19.4 Å². The fraction of sp³-hybridized carbons (Fsp3) is 0.400. The second kappa shape index (κ2) is 8.73. The van der Waals surface area contributed by atoms with E-state index in [1.165, 1.54) is 5.56 Å². The third-order valence-corrected chi connectivity index (χ3v) is 2.80. The largest absolute Gasteiger partial charge is 0.461 e. The van der Waals surface area contributed by atoms with Gasteiger partial charge in [0, 0.05) is 11.6 Å². The quantitative estimate of drug-likeness (QED) is 0.594. The summed E-state index contributed by atoms with van der Waals surface area (Å²) in [5.74, 6) is -0.324. The Morgan fingerprint density at radius 2 is 1.89 bits per heavy atom. The van der Waals surface area contributed by atoms with Crippen LogP contribution in [-0.2, 0) is 16.0 Å². The van der Waals surface area contributed by atoms with Crippen molar-refractivity contribution < 1.29 is 9.53 Å². The lowest BCUT2D eigenvalue weighted by atomic mass is 10.1. The van der Waals surface area contributed by atoms with Crippen LogP contribution in [-0.4, -0.2) is 37.6 Å². The monoisotopic (exact) mass is 283 g/mol. The van der Waals surface area contributed by atoms with Gasteiger partial charge < -0.3 is 9.64 Å². The molecule has 0 saturated heterocycles. The number of halogens is 1. The number of ether oxygens (including phenoxy) is 1. The van der Waals surface area contributed by atoms with E-state index >= 15 is 0 Å². The molecule has 3 nitrogen and oxygen atoms in total. The minimum Gasteiger partial charge on any atom is -0.461 e. The van der Waals surface area contributed by atoms with Crippen LogP contribution in [0.15, 0.2) is 42.5 Å². The van der Waals surface area contributed by atoms with Crippen molar-refractivity contribution in [3.8, 4) is 0 Å². The molecule has 0 spiro atoms. The summed E-state index contributed by atoms with van der Waals surface area (Å²) < 4.78 is 5.22. The number of carbonyl (C=O) groups excluding carboxylic acids is 1. The average Bonchev–Trinajstić information content (AvgIpc) is 2.34. The molecule has 1 unspecified atom stereocenters. The van der Waals surface area contributed by atoms with Crippen LogP contribution in [0.4, 0.5) is 0 Å². The van der Waals surface area contributed by atoms with Crippen LogP contribution in [0.5, 0.6) is 0 Å². The van der Waals surface area contributed by atoms with Gasteiger partial charge >= 0.3 is 5.97 Å². The lowest BCUT2D eigenvalue weighted by molar-refractivity contribution is -0.140. The van der Waals surface area contributed by atoms with Gasteiger partial charge in [0.2, 0.25) is 0 Å². The van der Waals surface area contributed by atoms with Gasteiger partial charge in [-0.25, -0.2) is 4.79 Å². The predicted octanol–water partition coefficient (Wildman–Crippen LogP) is 2.70. The average molecular weight is 284 g/mol. The molecule has 0 heterocycles. The molecule has 0 aliphatic heterocycles. The fourth-order valence-corrected chi connectivity index (χ4v) is 1.57. The van der Waals surface area contributed by atoms with E-state index in [0.29, 0.717) is 12.2 Å². The van der Waals surface area contributed by atoms with Gasteiger partial charge in [-0.3, -0.25) is 0 Å². The number of hydrogen-bond donors (Lipinski definition) is 0. The minimum atomic E-state index is -0.324. The molecule has 0 fully saturated rings. The van der Waals surface area contributed by atoms with E-state index < -0.39 is 0 Å². The molecule has 1 aromatic carbocycles. The van der Waals surface area contributed by atoms with Crippen molar-refractivity contribution in [1.29, 1.82) is 0 Å². The summed E-state index contributed by atoms with van der Waals surface area (Å²) in [6, 6.07) is 10.4. The molecule has 19 heavy (non-hydrogen) atoms. The Morgan fingerprint density at radius 3 is 2.37 bits per heavy atom. The van der Waals surface area contributed by atoms with Crippen LogP contribution in [0.3, 0.4) is 0 Å². The highest BCUT2D eigenvalue weighted by Crippen LogP contribution is 2.08. The van der Waals surface area contributed by atoms with Gasteiger partial charge in [0.05, 0.1) is 0 Å². The highest BCUT2D eigenvalue weighted by Gasteiger charge is 2.15. The molecule has 1 rings (SSSR count). The Morgan fingerprint density at radius 1 is 1.32 bits per heavy atom. The summed E-state index contributed by atoms with van der Waals surface area (Å²) >= 11 is 0.